The normalized spacial score (nSPS) is 11.0. The summed E-state index contributed by atoms with van der Waals surface area (Å²) in [4.78, 5) is 4.62. The number of para-hydroxylation sites is 1. The maximum absolute atomic E-state index is 14.4. The second-order valence-electron chi connectivity index (χ2n) is 5.92. The lowest BCUT2D eigenvalue weighted by Crippen LogP contribution is -2.05. The first-order chi connectivity index (χ1) is 12.7. The van der Waals surface area contributed by atoms with Gasteiger partial charge in [-0.15, -0.1) is 0 Å². The number of methoxy groups -OCH3 is 1. The largest absolute Gasteiger partial charge is 0.494 e. The van der Waals surface area contributed by atoms with Crippen LogP contribution in [0.4, 0.5) is 8.78 Å². The van der Waals surface area contributed by atoms with Crippen LogP contribution in [0.15, 0.2) is 66.7 Å². The summed E-state index contributed by atoms with van der Waals surface area (Å²) in [5.41, 5.74) is 2.24. The smallest absolute Gasteiger partial charge is 0.146 e. The summed E-state index contributed by atoms with van der Waals surface area (Å²) < 4.78 is 35.8. The van der Waals surface area contributed by atoms with E-state index in [-0.39, 0.29) is 18.2 Å². The molecule has 0 fully saturated rings. The number of hydrogen-bond acceptors (Lipinski definition) is 2. The molecule has 1 heterocycles. The van der Waals surface area contributed by atoms with Crippen molar-refractivity contribution in [3.63, 3.8) is 0 Å². The van der Waals surface area contributed by atoms with Crippen molar-refractivity contribution in [2.75, 3.05) is 7.11 Å². The monoisotopic (exact) mass is 350 g/mol. The maximum atomic E-state index is 14.4. The van der Waals surface area contributed by atoms with Crippen LogP contribution >= 0.6 is 0 Å². The SMILES string of the molecule is COc1cccc2c1nc(-c1ccccc1F)n2Cc1ccccc1F. The van der Waals surface area contributed by atoms with E-state index in [2.05, 4.69) is 4.98 Å². The topological polar surface area (TPSA) is 27.1 Å². The molecule has 0 unspecified atom stereocenters. The van der Waals surface area contributed by atoms with Crippen molar-refractivity contribution in [3.05, 3.63) is 83.9 Å². The van der Waals surface area contributed by atoms with E-state index in [1.807, 2.05) is 16.7 Å². The third-order valence-corrected chi connectivity index (χ3v) is 4.36. The van der Waals surface area contributed by atoms with Crippen molar-refractivity contribution in [3.8, 4) is 17.1 Å². The summed E-state index contributed by atoms with van der Waals surface area (Å²) in [6, 6.07) is 18.5. The van der Waals surface area contributed by atoms with Crippen LogP contribution in [-0.4, -0.2) is 16.7 Å². The lowest BCUT2D eigenvalue weighted by molar-refractivity contribution is 0.419. The summed E-state index contributed by atoms with van der Waals surface area (Å²) in [5.74, 6) is 0.339. The van der Waals surface area contributed by atoms with E-state index in [0.29, 0.717) is 28.2 Å². The molecular formula is C21H16F2N2O. The zero-order valence-electron chi connectivity index (χ0n) is 14.1. The molecule has 0 aliphatic carbocycles. The number of imidazole rings is 1. The first-order valence-corrected chi connectivity index (χ1v) is 8.20. The average Bonchev–Trinajstić information content (AvgIpc) is 3.02. The van der Waals surface area contributed by atoms with Crippen LogP contribution in [0, 0.1) is 11.6 Å². The van der Waals surface area contributed by atoms with Gasteiger partial charge in [-0.05, 0) is 30.3 Å². The van der Waals surface area contributed by atoms with E-state index in [0.717, 1.165) is 5.52 Å². The zero-order chi connectivity index (χ0) is 18.1. The van der Waals surface area contributed by atoms with Crippen LogP contribution in [0.2, 0.25) is 0 Å². The molecule has 0 saturated heterocycles. The number of nitrogens with zero attached hydrogens (tertiary/aromatic N) is 2. The third-order valence-electron chi connectivity index (χ3n) is 4.36. The number of fused-ring (bicyclic) bond motifs is 1. The zero-order valence-corrected chi connectivity index (χ0v) is 14.1. The van der Waals surface area contributed by atoms with Crippen molar-refractivity contribution in [1.29, 1.82) is 0 Å². The van der Waals surface area contributed by atoms with Crippen molar-refractivity contribution in [2.24, 2.45) is 0 Å². The van der Waals surface area contributed by atoms with Gasteiger partial charge in [0.2, 0.25) is 0 Å². The summed E-state index contributed by atoms with van der Waals surface area (Å²) >= 11 is 0. The molecule has 0 saturated carbocycles. The summed E-state index contributed by atoms with van der Waals surface area (Å²) in [5, 5.41) is 0. The average molecular weight is 350 g/mol. The van der Waals surface area contributed by atoms with Gasteiger partial charge in [-0.1, -0.05) is 36.4 Å². The standard InChI is InChI=1S/C21H16F2N2O/c1-26-19-12-6-11-18-20(19)24-21(15-8-3-5-10-17(15)23)25(18)13-14-7-2-4-9-16(14)22/h2-12H,13H2,1H3. The maximum Gasteiger partial charge on any atom is 0.146 e. The molecule has 26 heavy (non-hydrogen) atoms. The molecule has 3 nitrogen and oxygen atoms in total. The molecule has 4 rings (SSSR count). The fraction of sp³-hybridized carbons (Fsp3) is 0.0952. The fourth-order valence-electron chi connectivity index (χ4n) is 3.09. The molecule has 5 heteroatoms. The Balaban J connectivity index is 1.98. The Hall–Kier alpha value is -3.21. The Bertz CT molecular complexity index is 1090. The van der Waals surface area contributed by atoms with Crippen molar-refractivity contribution < 1.29 is 13.5 Å². The number of aromatic nitrogens is 2. The Morgan fingerprint density at radius 3 is 2.35 bits per heavy atom. The van der Waals surface area contributed by atoms with Crippen LogP contribution in [0.1, 0.15) is 5.56 Å². The molecule has 0 amide bonds. The number of benzene rings is 3. The fourth-order valence-corrected chi connectivity index (χ4v) is 3.09. The van der Waals surface area contributed by atoms with E-state index in [9.17, 15) is 8.78 Å². The molecule has 1 aromatic heterocycles. The van der Waals surface area contributed by atoms with Gasteiger partial charge in [-0.3, -0.25) is 0 Å². The molecule has 0 radical (unpaired) electrons. The van der Waals surface area contributed by atoms with E-state index < -0.39 is 0 Å². The Morgan fingerprint density at radius 1 is 0.885 bits per heavy atom. The highest BCUT2D eigenvalue weighted by Crippen LogP contribution is 2.32. The number of hydrogen-bond donors (Lipinski definition) is 0. The predicted octanol–water partition coefficient (Wildman–Crippen LogP) is 5.04. The Morgan fingerprint density at radius 2 is 1.62 bits per heavy atom. The van der Waals surface area contributed by atoms with Gasteiger partial charge in [0.15, 0.2) is 0 Å². The highest BCUT2D eigenvalue weighted by Gasteiger charge is 2.18. The lowest BCUT2D eigenvalue weighted by Gasteiger charge is -2.11. The van der Waals surface area contributed by atoms with E-state index in [4.69, 9.17) is 4.74 Å². The molecule has 0 aliphatic heterocycles. The molecule has 0 aliphatic rings. The van der Waals surface area contributed by atoms with E-state index >= 15 is 0 Å². The Labute approximate surface area is 149 Å². The van der Waals surface area contributed by atoms with Gasteiger partial charge in [-0.2, -0.15) is 0 Å². The minimum atomic E-state index is -0.378. The molecule has 130 valence electrons. The second-order valence-corrected chi connectivity index (χ2v) is 5.92. The minimum absolute atomic E-state index is 0.236. The quantitative estimate of drug-likeness (QED) is 0.516. The number of ether oxygens (including phenoxy) is 1. The Kier molecular flexibility index (Phi) is 4.13. The molecule has 0 spiro atoms. The first kappa shape index (κ1) is 16.3. The van der Waals surface area contributed by atoms with Gasteiger partial charge in [0.05, 0.1) is 24.7 Å². The van der Waals surface area contributed by atoms with Gasteiger partial charge >= 0.3 is 0 Å². The molecule has 3 aromatic carbocycles. The molecule has 0 bridgehead atoms. The first-order valence-electron chi connectivity index (χ1n) is 8.20. The van der Waals surface area contributed by atoms with Gasteiger partial charge < -0.3 is 9.30 Å². The van der Waals surface area contributed by atoms with Gasteiger partial charge in [-0.25, -0.2) is 13.8 Å². The highest BCUT2D eigenvalue weighted by molar-refractivity contribution is 5.86. The summed E-state index contributed by atoms with van der Waals surface area (Å²) in [7, 11) is 1.56. The third kappa shape index (κ3) is 2.71. The van der Waals surface area contributed by atoms with E-state index in [1.165, 1.54) is 12.1 Å². The van der Waals surface area contributed by atoms with Crippen LogP contribution in [-0.2, 0) is 6.54 Å². The second kappa shape index (κ2) is 6.59. The van der Waals surface area contributed by atoms with Gasteiger partial charge in [0, 0.05) is 5.56 Å². The summed E-state index contributed by atoms with van der Waals surface area (Å²) in [6.07, 6.45) is 0. The minimum Gasteiger partial charge on any atom is -0.494 e. The van der Waals surface area contributed by atoms with Crippen LogP contribution in [0.25, 0.3) is 22.4 Å². The molecule has 4 aromatic rings. The number of halogens is 2. The molecule has 0 N–H and O–H groups in total. The van der Waals surface area contributed by atoms with Crippen molar-refractivity contribution in [1.82, 2.24) is 9.55 Å². The van der Waals surface area contributed by atoms with Crippen LogP contribution < -0.4 is 4.74 Å². The van der Waals surface area contributed by atoms with Crippen molar-refractivity contribution in [2.45, 2.75) is 6.54 Å². The molecular weight excluding hydrogens is 334 g/mol. The van der Waals surface area contributed by atoms with Crippen LogP contribution in [0.5, 0.6) is 5.75 Å². The van der Waals surface area contributed by atoms with Gasteiger partial charge in [0.1, 0.15) is 28.7 Å². The molecule has 0 atom stereocenters. The van der Waals surface area contributed by atoms with Crippen molar-refractivity contribution >= 4 is 11.0 Å². The van der Waals surface area contributed by atoms with Crippen LogP contribution in [0.3, 0.4) is 0 Å². The summed E-state index contributed by atoms with van der Waals surface area (Å²) in [6.45, 7) is 0.236. The lowest BCUT2D eigenvalue weighted by atomic mass is 10.1. The van der Waals surface area contributed by atoms with E-state index in [1.54, 1.807) is 49.6 Å². The van der Waals surface area contributed by atoms with Gasteiger partial charge in [0.25, 0.3) is 0 Å². The number of rotatable bonds is 4. The highest BCUT2D eigenvalue weighted by atomic mass is 19.1. The predicted molar refractivity (Wildman–Crippen MR) is 97.2 cm³/mol.